The van der Waals surface area contributed by atoms with Crippen LogP contribution in [-0.4, -0.2) is 120 Å². The molecule has 1 aliphatic carbocycles. The second-order valence-electron chi connectivity index (χ2n) is 10.5. The topological polar surface area (TPSA) is 123 Å². The summed E-state index contributed by atoms with van der Waals surface area (Å²) >= 11 is 0. The molecule has 11 heteroatoms. The van der Waals surface area contributed by atoms with Crippen molar-refractivity contribution in [3.8, 4) is 0 Å². The number of anilines is 1. The zero-order valence-corrected chi connectivity index (χ0v) is 25.4. The second kappa shape index (κ2) is 18.4. The zero-order valence-electron chi connectivity index (χ0n) is 25.4. The van der Waals surface area contributed by atoms with Gasteiger partial charge in [0.25, 0.3) is 0 Å². The predicted molar refractivity (Wildman–Crippen MR) is 168 cm³/mol. The molecule has 0 unspecified atom stereocenters. The predicted octanol–water partition coefficient (Wildman–Crippen LogP) is 2.12. The van der Waals surface area contributed by atoms with Crippen molar-refractivity contribution < 1.29 is 23.7 Å². The van der Waals surface area contributed by atoms with Gasteiger partial charge in [-0.25, -0.2) is 4.99 Å². The molecule has 0 bridgehead atoms. The van der Waals surface area contributed by atoms with Crippen LogP contribution < -0.4 is 16.4 Å². The molecule has 0 saturated carbocycles. The van der Waals surface area contributed by atoms with E-state index >= 15 is 0 Å². The number of fused-ring (bicyclic) bond motifs is 2. The number of carbonyl (C=O) groups is 1. The van der Waals surface area contributed by atoms with Gasteiger partial charge in [-0.15, -0.1) is 0 Å². The molecular weight excluding hydrogens is 548 g/mol. The SMILES string of the molecule is Cc1ccc2c(c1)N=C(N1CCN(CCCNC(=O)CCOCCOCCOCCOCCN)CC1)C1=CC=C=C=C1N2. The monoisotopic (exact) mass is 594 g/mol. The molecule has 4 N–H and O–H groups in total. The van der Waals surface area contributed by atoms with Gasteiger partial charge in [-0.2, -0.15) is 0 Å². The molecule has 11 nitrogen and oxygen atoms in total. The van der Waals surface area contributed by atoms with Gasteiger partial charge in [-0.1, -0.05) is 11.8 Å². The summed E-state index contributed by atoms with van der Waals surface area (Å²) in [5.74, 6) is 0.992. The number of nitrogens with one attached hydrogen (secondary N) is 2. The van der Waals surface area contributed by atoms with Crippen LogP contribution in [-0.2, 0) is 23.7 Å². The van der Waals surface area contributed by atoms with E-state index in [9.17, 15) is 4.79 Å². The molecule has 1 amide bonds. The van der Waals surface area contributed by atoms with E-state index in [1.165, 1.54) is 5.56 Å². The van der Waals surface area contributed by atoms with Gasteiger partial charge in [0.05, 0.1) is 64.2 Å². The van der Waals surface area contributed by atoms with Crippen LogP contribution in [0.2, 0.25) is 0 Å². The number of piperazine rings is 1. The molecule has 2 heterocycles. The molecule has 3 aliphatic rings. The van der Waals surface area contributed by atoms with Gasteiger partial charge in [0, 0.05) is 51.3 Å². The van der Waals surface area contributed by atoms with E-state index in [1.54, 1.807) is 0 Å². The highest BCUT2D eigenvalue weighted by atomic mass is 16.6. The van der Waals surface area contributed by atoms with Gasteiger partial charge in [-0.05, 0) is 55.5 Å². The first-order chi connectivity index (χ1) is 21.1. The van der Waals surface area contributed by atoms with E-state index in [4.69, 9.17) is 29.7 Å². The Morgan fingerprint density at radius 1 is 1.00 bits per heavy atom. The lowest BCUT2D eigenvalue weighted by molar-refractivity contribution is -0.122. The maximum atomic E-state index is 12.2. The van der Waals surface area contributed by atoms with Crippen LogP contribution in [0.1, 0.15) is 18.4 Å². The van der Waals surface area contributed by atoms with Gasteiger partial charge < -0.3 is 40.2 Å². The van der Waals surface area contributed by atoms with Crippen molar-refractivity contribution in [3.05, 3.63) is 58.6 Å². The Bertz CT molecular complexity index is 1210. The summed E-state index contributed by atoms with van der Waals surface area (Å²) in [7, 11) is 0. The summed E-state index contributed by atoms with van der Waals surface area (Å²) in [6.07, 6.45) is 5.21. The lowest BCUT2D eigenvalue weighted by Gasteiger charge is -2.37. The molecule has 1 aromatic carbocycles. The molecular formula is C32H46N6O5. The number of amidine groups is 1. The molecule has 1 saturated heterocycles. The highest BCUT2D eigenvalue weighted by Gasteiger charge is 2.27. The van der Waals surface area contributed by atoms with Crippen LogP contribution in [0.3, 0.4) is 0 Å². The largest absolute Gasteiger partial charge is 0.379 e. The number of nitrogens with zero attached hydrogens (tertiary/aromatic N) is 3. The van der Waals surface area contributed by atoms with Gasteiger partial charge in [-0.3, -0.25) is 9.69 Å². The minimum absolute atomic E-state index is 0.0132. The maximum absolute atomic E-state index is 12.2. The summed E-state index contributed by atoms with van der Waals surface area (Å²) < 4.78 is 21.6. The molecule has 0 spiro atoms. The molecule has 0 atom stereocenters. The highest BCUT2D eigenvalue weighted by molar-refractivity contribution is 6.06. The molecule has 234 valence electrons. The van der Waals surface area contributed by atoms with E-state index in [0.717, 1.165) is 67.6 Å². The first-order valence-electron chi connectivity index (χ1n) is 15.3. The number of ether oxygens (including phenoxy) is 4. The molecule has 0 radical (unpaired) electrons. The summed E-state index contributed by atoms with van der Waals surface area (Å²) in [6.45, 7) is 11.8. The van der Waals surface area contributed by atoms with Crippen LogP contribution >= 0.6 is 0 Å². The molecule has 0 aromatic heterocycles. The van der Waals surface area contributed by atoms with Crippen molar-refractivity contribution in [2.45, 2.75) is 19.8 Å². The third-order valence-electron chi connectivity index (χ3n) is 7.18. The van der Waals surface area contributed by atoms with Crippen molar-refractivity contribution in [1.82, 2.24) is 15.1 Å². The Balaban J connectivity index is 1.05. The number of hydrogen-bond donors (Lipinski definition) is 3. The van der Waals surface area contributed by atoms with Gasteiger partial charge in [0.2, 0.25) is 5.91 Å². The summed E-state index contributed by atoms with van der Waals surface area (Å²) in [5.41, 5.74) is 16.7. The lowest BCUT2D eigenvalue weighted by atomic mass is 10.1. The highest BCUT2D eigenvalue weighted by Crippen LogP contribution is 2.34. The van der Waals surface area contributed by atoms with Crippen LogP contribution in [0.4, 0.5) is 11.4 Å². The minimum Gasteiger partial charge on any atom is -0.379 e. The summed E-state index contributed by atoms with van der Waals surface area (Å²) in [4.78, 5) is 22.1. The van der Waals surface area contributed by atoms with Crippen molar-refractivity contribution in [3.63, 3.8) is 0 Å². The number of rotatable bonds is 18. The Morgan fingerprint density at radius 3 is 2.42 bits per heavy atom. The van der Waals surface area contributed by atoms with Crippen LogP contribution in [0.5, 0.6) is 0 Å². The van der Waals surface area contributed by atoms with Crippen LogP contribution in [0.15, 0.2) is 58.1 Å². The van der Waals surface area contributed by atoms with Crippen molar-refractivity contribution >= 4 is 23.1 Å². The normalized spacial score (nSPS) is 16.0. The zero-order chi connectivity index (χ0) is 30.1. The fourth-order valence-corrected chi connectivity index (χ4v) is 4.88. The van der Waals surface area contributed by atoms with Crippen molar-refractivity contribution in [2.24, 2.45) is 10.7 Å². The Labute approximate surface area is 255 Å². The minimum atomic E-state index is 0.0132. The second-order valence-corrected chi connectivity index (χ2v) is 10.5. The van der Waals surface area contributed by atoms with E-state index in [2.05, 4.69) is 63.1 Å². The van der Waals surface area contributed by atoms with E-state index in [-0.39, 0.29) is 5.91 Å². The lowest BCUT2D eigenvalue weighted by Crippen LogP contribution is -2.49. The van der Waals surface area contributed by atoms with Crippen LogP contribution in [0.25, 0.3) is 0 Å². The first kappa shape index (κ1) is 32.7. The van der Waals surface area contributed by atoms with Gasteiger partial charge >= 0.3 is 0 Å². The summed E-state index contributed by atoms with van der Waals surface area (Å²) in [6, 6.07) is 6.28. The van der Waals surface area contributed by atoms with E-state index in [1.807, 2.05) is 6.08 Å². The van der Waals surface area contributed by atoms with Gasteiger partial charge in [0.15, 0.2) is 0 Å². The van der Waals surface area contributed by atoms with Crippen molar-refractivity contribution in [2.75, 3.05) is 104 Å². The Kier molecular flexibility index (Phi) is 14.0. The third-order valence-corrected chi connectivity index (χ3v) is 7.18. The van der Waals surface area contributed by atoms with Gasteiger partial charge in [0.1, 0.15) is 11.5 Å². The number of hydrogen-bond acceptors (Lipinski definition) is 10. The molecule has 43 heavy (non-hydrogen) atoms. The quantitative estimate of drug-likeness (QED) is 0.173. The van der Waals surface area contributed by atoms with Crippen molar-refractivity contribution in [1.29, 1.82) is 0 Å². The number of benzene rings is 1. The standard InChI is InChI=1S/C32H46N6O5/c1-26-7-8-29-30(25-26)36-32(27-5-2-3-6-28(27)35-29)38-15-13-37(14-16-38)12-4-11-34-31(39)9-17-40-19-21-42-23-24-43-22-20-41-18-10-33/h2,5,7-8,25,35H,4,9-24,33H2,1H3,(H,34,39). The fourth-order valence-electron chi connectivity index (χ4n) is 4.88. The molecule has 4 rings (SSSR count). The fraction of sp³-hybridized carbons (Fsp3) is 0.562. The number of carbonyl (C=O) groups excluding carboxylic acids is 1. The number of aliphatic imine (C=N–C) groups is 1. The molecule has 2 aliphatic heterocycles. The Hall–Kier alpha value is -3.24. The van der Waals surface area contributed by atoms with E-state index in [0.29, 0.717) is 72.4 Å². The average molecular weight is 595 g/mol. The number of aryl methyl sites for hydroxylation is 1. The first-order valence-corrected chi connectivity index (χ1v) is 15.3. The molecule has 1 aromatic rings. The number of nitrogens with two attached hydrogens (primary N) is 1. The van der Waals surface area contributed by atoms with Crippen LogP contribution in [0, 0.1) is 6.92 Å². The smallest absolute Gasteiger partial charge is 0.222 e. The van der Waals surface area contributed by atoms with E-state index < -0.39 is 0 Å². The maximum Gasteiger partial charge on any atom is 0.222 e. The Morgan fingerprint density at radius 2 is 1.70 bits per heavy atom. The average Bonchev–Trinajstić information content (AvgIpc) is 3.18. The molecule has 1 fully saturated rings. The number of amides is 1. The number of allylic oxidation sites excluding steroid dienone is 2. The summed E-state index contributed by atoms with van der Waals surface area (Å²) in [5, 5.41) is 6.50. The third kappa shape index (κ3) is 11.1.